The summed E-state index contributed by atoms with van der Waals surface area (Å²) in [4.78, 5) is 4.22. The molecule has 0 saturated carbocycles. The van der Waals surface area contributed by atoms with Crippen molar-refractivity contribution in [2.75, 3.05) is 0 Å². The maximum atomic E-state index is 5.25. The quantitative estimate of drug-likeness (QED) is 0.245. The molecule has 97 valence electrons. The number of rotatable bonds is 2. The van der Waals surface area contributed by atoms with Crippen LogP contribution in [0.3, 0.4) is 0 Å². The number of nitrogens with zero attached hydrogens (tertiary/aromatic N) is 3. The van der Waals surface area contributed by atoms with Gasteiger partial charge >= 0.3 is 28.2 Å². The van der Waals surface area contributed by atoms with Gasteiger partial charge in [0.1, 0.15) is 0 Å². The van der Waals surface area contributed by atoms with E-state index in [4.69, 9.17) is 5.73 Å². The standard InChI is InChI=1S/C11H10N4S.ClH.Pt/c12-11(16)15-14-7-10-9-4-2-1-3-8(9)5-6-13-10;;/h1-7H,(H3,12,13,15,16);1H;/q;;+1/p-1. The molecule has 2 N–H and O–H groups in total. The van der Waals surface area contributed by atoms with Crippen molar-refractivity contribution >= 4 is 43.7 Å². The molecule has 2 rings (SSSR count). The third kappa shape index (κ3) is 4.42. The summed E-state index contributed by atoms with van der Waals surface area (Å²) in [6.07, 6.45) is 3.29. The third-order valence-corrected chi connectivity index (χ3v) is 2.13. The Labute approximate surface area is 125 Å². The molecule has 0 aliphatic carbocycles. The van der Waals surface area contributed by atoms with Gasteiger partial charge in [0.15, 0.2) is 17.3 Å². The van der Waals surface area contributed by atoms with E-state index in [1.807, 2.05) is 30.3 Å². The first kappa shape index (κ1) is 15.2. The molecule has 1 aromatic heterocycles. The van der Waals surface area contributed by atoms with E-state index in [1.54, 1.807) is 31.2 Å². The average molecular weight is 461 g/mol. The number of thiol groups is 1. The van der Waals surface area contributed by atoms with Crippen LogP contribution in [-0.4, -0.2) is 16.3 Å². The summed E-state index contributed by atoms with van der Waals surface area (Å²) in [5.74, 6) is 0. The molecular weight excluding hydrogens is 451 g/mol. The van der Waals surface area contributed by atoms with Crippen molar-refractivity contribution in [3.63, 3.8) is 0 Å². The SMILES string of the molecule is NC(=[SH+])[N-]N=Cc1nccc2ccccc12.[Cl][Pt]. The van der Waals surface area contributed by atoms with Crippen LogP contribution in [0.4, 0.5) is 0 Å². The fourth-order valence-electron chi connectivity index (χ4n) is 1.39. The molecule has 18 heavy (non-hydrogen) atoms. The Kier molecular flexibility index (Phi) is 6.98. The monoisotopic (exact) mass is 460 g/mol. The van der Waals surface area contributed by atoms with Crippen LogP contribution in [0.2, 0.25) is 0 Å². The number of fused-ring (bicyclic) bond motifs is 1. The number of hydrogen-bond acceptors (Lipinski definition) is 2. The van der Waals surface area contributed by atoms with E-state index in [2.05, 4.69) is 37.1 Å². The Hall–Kier alpha value is -0.872. The molecule has 0 fully saturated rings. The molecule has 2 aromatic rings. The van der Waals surface area contributed by atoms with Gasteiger partial charge < -0.3 is 10.5 Å². The molecular formula is C11H10ClN4PtS. The summed E-state index contributed by atoms with van der Waals surface area (Å²) >= 11 is 5.42. The number of pyridine rings is 1. The number of hydrogen-bond donors (Lipinski definition) is 1. The van der Waals surface area contributed by atoms with Crippen molar-refractivity contribution in [3.8, 4) is 0 Å². The van der Waals surface area contributed by atoms with Gasteiger partial charge in [-0.1, -0.05) is 24.3 Å². The predicted octanol–water partition coefficient (Wildman–Crippen LogP) is 1.95. The van der Waals surface area contributed by atoms with Gasteiger partial charge in [0.05, 0.1) is 5.69 Å². The van der Waals surface area contributed by atoms with E-state index in [-0.39, 0.29) is 5.11 Å². The van der Waals surface area contributed by atoms with Gasteiger partial charge in [-0.15, -0.1) is 0 Å². The zero-order valence-electron chi connectivity index (χ0n) is 9.10. The molecule has 0 unspecified atom stereocenters. The summed E-state index contributed by atoms with van der Waals surface area (Å²) in [5.41, 5.74) is 9.62. The van der Waals surface area contributed by atoms with E-state index in [0.717, 1.165) is 16.5 Å². The summed E-state index contributed by atoms with van der Waals surface area (Å²) in [7, 11) is 4.61. The van der Waals surface area contributed by atoms with Gasteiger partial charge in [0.2, 0.25) is 0 Å². The summed E-state index contributed by atoms with van der Waals surface area (Å²) in [6.45, 7) is 0. The first-order valence-electron chi connectivity index (χ1n) is 4.78. The fourth-order valence-corrected chi connectivity index (χ4v) is 1.44. The minimum atomic E-state index is 0.122. The van der Waals surface area contributed by atoms with Crippen molar-refractivity contribution in [1.82, 2.24) is 4.98 Å². The number of aromatic nitrogens is 1. The van der Waals surface area contributed by atoms with Gasteiger partial charge in [-0.3, -0.25) is 10.7 Å². The normalized spacial score (nSPS) is 10.0. The zero-order valence-corrected chi connectivity index (χ0v) is 13.0. The number of nitrogens with two attached hydrogens (primary N) is 1. The van der Waals surface area contributed by atoms with Gasteiger partial charge in [0.25, 0.3) is 0 Å². The van der Waals surface area contributed by atoms with Crippen LogP contribution in [0.1, 0.15) is 5.69 Å². The van der Waals surface area contributed by atoms with Gasteiger partial charge in [-0.2, -0.15) is 0 Å². The second-order valence-electron chi connectivity index (χ2n) is 3.12. The molecule has 1 aromatic carbocycles. The van der Waals surface area contributed by atoms with Crippen molar-refractivity contribution in [1.29, 1.82) is 0 Å². The molecule has 0 aliphatic heterocycles. The first-order chi connectivity index (χ1) is 8.77. The molecule has 0 radical (unpaired) electrons. The van der Waals surface area contributed by atoms with E-state index in [0.29, 0.717) is 0 Å². The van der Waals surface area contributed by atoms with Crippen molar-refractivity contribution in [3.05, 3.63) is 47.6 Å². The molecule has 4 nitrogen and oxygen atoms in total. The van der Waals surface area contributed by atoms with Crippen LogP contribution in [-0.2, 0) is 31.0 Å². The van der Waals surface area contributed by atoms with Crippen LogP contribution in [0.15, 0.2) is 41.6 Å². The Morgan fingerprint density at radius 1 is 1.39 bits per heavy atom. The fraction of sp³-hybridized carbons (Fsp3) is 0. The molecule has 0 amide bonds. The third-order valence-electron chi connectivity index (χ3n) is 2.04. The Balaban J connectivity index is 0.000000771. The van der Waals surface area contributed by atoms with Crippen LogP contribution in [0.5, 0.6) is 0 Å². The van der Waals surface area contributed by atoms with E-state index in [9.17, 15) is 0 Å². The Bertz CT molecular complexity index is 556. The van der Waals surface area contributed by atoms with Gasteiger partial charge in [0, 0.05) is 17.8 Å². The Morgan fingerprint density at radius 2 is 2.11 bits per heavy atom. The van der Waals surface area contributed by atoms with Crippen LogP contribution in [0.25, 0.3) is 16.2 Å². The molecule has 7 heteroatoms. The van der Waals surface area contributed by atoms with Crippen molar-refractivity contribution in [2.24, 2.45) is 10.8 Å². The zero-order chi connectivity index (χ0) is 13.4. The molecule has 0 spiro atoms. The summed E-state index contributed by atoms with van der Waals surface area (Å²) in [5, 5.41) is 6.05. The summed E-state index contributed by atoms with van der Waals surface area (Å²) < 4.78 is 0. The molecule has 0 atom stereocenters. The van der Waals surface area contributed by atoms with E-state index in [1.165, 1.54) is 0 Å². The first-order valence-corrected chi connectivity index (χ1v) is 8.05. The van der Waals surface area contributed by atoms with Gasteiger partial charge in [-0.25, -0.2) is 0 Å². The minimum absolute atomic E-state index is 0.122. The van der Waals surface area contributed by atoms with Crippen LogP contribution in [0, 0.1) is 0 Å². The Morgan fingerprint density at radius 3 is 2.83 bits per heavy atom. The molecule has 0 saturated heterocycles. The van der Waals surface area contributed by atoms with E-state index >= 15 is 0 Å². The summed E-state index contributed by atoms with van der Waals surface area (Å²) in [6, 6.07) is 9.88. The van der Waals surface area contributed by atoms with Crippen molar-refractivity contribution < 1.29 is 18.8 Å². The van der Waals surface area contributed by atoms with E-state index < -0.39 is 0 Å². The van der Waals surface area contributed by atoms with Crippen LogP contribution < -0.4 is 5.73 Å². The maximum absolute atomic E-state index is 5.25. The number of benzene rings is 1. The predicted molar refractivity (Wildman–Crippen MR) is 76.5 cm³/mol. The van der Waals surface area contributed by atoms with Gasteiger partial charge in [-0.05, 0) is 11.5 Å². The second kappa shape index (κ2) is 8.27. The molecule has 1 heterocycles. The van der Waals surface area contributed by atoms with Crippen molar-refractivity contribution in [2.45, 2.75) is 0 Å². The molecule has 0 aliphatic rings. The molecule has 0 bridgehead atoms. The average Bonchev–Trinajstić information content (AvgIpc) is 2.41. The topological polar surface area (TPSA) is 65.4 Å². The second-order valence-corrected chi connectivity index (χ2v) is 3.58. The van der Waals surface area contributed by atoms with Crippen LogP contribution >= 0.6 is 9.42 Å². The number of halogens is 1.